The Kier molecular flexibility index (Phi) is 2.91. The van der Waals surface area contributed by atoms with E-state index in [2.05, 4.69) is 16.8 Å². The van der Waals surface area contributed by atoms with Crippen molar-refractivity contribution >= 4 is 11.7 Å². The van der Waals surface area contributed by atoms with E-state index in [0.717, 1.165) is 25.0 Å². The largest absolute Gasteiger partial charge is 0.469 e. The zero-order valence-electron chi connectivity index (χ0n) is 9.90. The predicted octanol–water partition coefficient (Wildman–Crippen LogP) is 2.21. The van der Waals surface area contributed by atoms with Gasteiger partial charge in [0.25, 0.3) is 0 Å². The van der Waals surface area contributed by atoms with Crippen LogP contribution in [0.25, 0.3) is 0 Å². The molecule has 3 atom stereocenters. The van der Waals surface area contributed by atoms with E-state index in [1.54, 1.807) is 0 Å². The fraction of sp³-hybridized carbons (Fsp3) is 0.833. The Bertz CT molecular complexity index is 326. The van der Waals surface area contributed by atoms with Gasteiger partial charge in [-0.3, -0.25) is 4.79 Å². The van der Waals surface area contributed by atoms with Crippen molar-refractivity contribution in [2.24, 2.45) is 22.4 Å². The first-order chi connectivity index (χ1) is 7.61. The van der Waals surface area contributed by atoms with Gasteiger partial charge in [0.05, 0.1) is 12.8 Å². The maximum atomic E-state index is 11.2. The SMILES string of the molecule is COC(=O)CCC1(C)C2CCC1/C(=N\O)C2. The number of carbonyl (C=O) groups is 1. The third-order valence-electron chi connectivity index (χ3n) is 4.61. The molecule has 0 saturated heterocycles. The highest BCUT2D eigenvalue weighted by Crippen LogP contribution is 2.58. The minimum atomic E-state index is -0.144. The number of rotatable bonds is 3. The lowest BCUT2D eigenvalue weighted by molar-refractivity contribution is -0.141. The Hall–Kier alpha value is -1.06. The molecule has 2 bridgehead atoms. The van der Waals surface area contributed by atoms with Gasteiger partial charge in [0.2, 0.25) is 0 Å². The number of hydrogen-bond acceptors (Lipinski definition) is 4. The lowest BCUT2D eigenvalue weighted by atomic mass is 9.76. The zero-order chi connectivity index (χ0) is 11.8. The van der Waals surface area contributed by atoms with E-state index in [-0.39, 0.29) is 11.4 Å². The van der Waals surface area contributed by atoms with Crippen LogP contribution >= 0.6 is 0 Å². The van der Waals surface area contributed by atoms with Crippen LogP contribution in [-0.2, 0) is 9.53 Å². The van der Waals surface area contributed by atoms with E-state index in [9.17, 15) is 4.79 Å². The lowest BCUT2D eigenvalue weighted by Gasteiger charge is -2.28. The molecule has 0 aliphatic heterocycles. The highest BCUT2D eigenvalue weighted by molar-refractivity contribution is 5.90. The van der Waals surface area contributed by atoms with Crippen LogP contribution < -0.4 is 0 Å². The smallest absolute Gasteiger partial charge is 0.305 e. The maximum Gasteiger partial charge on any atom is 0.305 e. The van der Waals surface area contributed by atoms with Gasteiger partial charge in [-0.25, -0.2) is 0 Å². The second-order valence-electron chi connectivity index (χ2n) is 5.20. The van der Waals surface area contributed by atoms with Crippen LogP contribution in [0.3, 0.4) is 0 Å². The summed E-state index contributed by atoms with van der Waals surface area (Å²) in [5.41, 5.74) is 1.07. The third-order valence-corrected chi connectivity index (χ3v) is 4.61. The molecule has 0 amide bonds. The summed E-state index contributed by atoms with van der Waals surface area (Å²) in [6.45, 7) is 2.22. The van der Waals surface area contributed by atoms with Crippen molar-refractivity contribution in [3.63, 3.8) is 0 Å². The Morgan fingerprint density at radius 2 is 2.38 bits per heavy atom. The summed E-state index contributed by atoms with van der Waals surface area (Å²) in [6, 6.07) is 0. The second kappa shape index (κ2) is 4.07. The number of esters is 1. The molecule has 0 heterocycles. The average molecular weight is 225 g/mol. The van der Waals surface area contributed by atoms with Gasteiger partial charge < -0.3 is 9.94 Å². The molecule has 4 heteroatoms. The van der Waals surface area contributed by atoms with E-state index in [1.165, 1.54) is 13.5 Å². The fourth-order valence-corrected chi connectivity index (χ4v) is 3.55. The third kappa shape index (κ3) is 1.60. The predicted molar refractivity (Wildman–Crippen MR) is 59.4 cm³/mol. The van der Waals surface area contributed by atoms with Gasteiger partial charge in [0.15, 0.2) is 0 Å². The summed E-state index contributed by atoms with van der Waals surface area (Å²) < 4.78 is 4.68. The summed E-state index contributed by atoms with van der Waals surface area (Å²) >= 11 is 0. The number of fused-ring (bicyclic) bond motifs is 2. The molecule has 4 nitrogen and oxygen atoms in total. The summed E-state index contributed by atoms with van der Waals surface area (Å²) in [4.78, 5) is 11.2. The van der Waals surface area contributed by atoms with Gasteiger partial charge in [-0.15, -0.1) is 0 Å². The molecule has 0 aromatic heterocycles. The van der Waals surface area contributed by atoms with Crippen LogP contribution in [0.4, 0.5) is 0 Å². The van der Waals surface area contributed by atoms with Crippen LogP contribution in [0.5, 0.6) is 0 Å². The Balaban J connectivity index is 2.05. The van der Waals surface area contributed by atoms with E-state index < -0.39 is 0 Å². The van der Waals surface area contributed by atoms with Crippen LogP contribution in [0.1, 0.15) is 39.0 Å². The van der Waals surface area contributed by atoms with Crippen LogP contribution in [-0.4, -0.2) is 24.0 Å². The molecule has 1 N–H and O–H groups in total. The van der Waals surface area contributed by atoms with Gasteiger partial charge in [-0.2, -0.15) is 0 Å². The molecule has 0 spiro atoms. The molecule has 16 heavy (non-hydrogen) atoms. The van der Waals surface area contributed by atoms with Crippen molar-refractivity contribution in [1.82, 2.24) is 0 Å². The lowest BCUT2D eigenvalue weighted by Crippen LogP contribution is -2.25. The maximum absolute atomic E-state index is 11.2. The first-order valence-corrected chi connectivity index (χ1v) is 5.89. The second-order valence-corrected chi connectivity index (χ2v) is 5.20. The van der Waals surface area contributed by atoms with Gasteiger partial charge in [-0.1, -0.05) is 12.1 Å². The molecule has 2 fully saturated rings. The number of methoxy groups -OCH3 is 1. The van der Waals surface area contributed by atoms with Gasteiger partial charge in [0.1, 0.15) is 0 Å². The van der Waals surface area contributed by atoms with Gasteiger partial charge in [0, 0.05) is 12.3 Å². The summed E-state index contributed by atoms with van der Waals surface area (Å²) in [6.07, 6.45) is 4.51. The summed E-state index contributed by atoms with van der Waals surface area (Å²) in [5, 5.41) is 12.4. The number of oxime groups is 1. The normalized spacial score (nSPS) is 39.2. The fourth-order valence-electron chi connectivity index (χ4n) is 3.55. The minimum absolute atomic E-state index is 0.135. The van der Waals surface area contributed by atoms with Crippen LogP contribution in [0.2, 0.25) is 0 Å². The molecule has 0 aromatic rings. The van der Waals surface area contributed by atoms with E-state index in [4.69, 9.17) is 5.21 Å². The molecule has 2 aliphatic rings. The quantitative estimate of drug-likeness (QED) is 0.455. The molecular weight excluding hydrogens is 206 g/mol. The number of carbonyl (C=O) groups excluding carboxylic acids is 1. The molecule has 3 unspecified atom stereocenters. The van der Waals surface area contributed by atoms with Crippen molar-refractivity contribution in [3.05, 3.63) is 0 Å². The summed E-state index contributed by atoms with van der Waals surface area (Å²) in [7, 11) is 1.43. The molecular formula is C12H19NO3. The highest BCUT2D eigenvalue weighted by Gasteiger charge is 2.54. The first kappa shape index (κ1) is 11.4. The topological polar surface area (TPSA) is 58.9 Å². The number of nitrogens with zero attached hydrogens (tertiary/aromatic N) is 1. The number of ether oxygens (including phenoxy) is 1. The zero-order valence-corrected chi connectivity index (χ0v) is 9.90. The van der Waals surface area contributed by atoms with Crippen molar-refractivity contribution < 1.29 is 14.7 Å². The van der Waals surface area contributed by atoms with E-state index in [0.29, 0.717) is 18.3 Å². The molecule has 0 radical (unpaired) electrons. The molecule has 0 aromatic carbocycles. The first-order valence-electron chi connectivity index (χ1n) is 5.89. The standard InChI is InChI=1S/C12H19NO3/c1-12(6-5-11(14)16-2)8-3-4-9(12)10(7-8)13-15/h8-9,15H,3-7H2,1-2H3/b13-10-. The average Bonchev–Trinajstić information content (AvgIpc) is 2.77. The minimum Gasteiger partial charge on any atom is -0.469 e. The Morgan fingerprint density at radius 3 is 2.94 bits per heavy atom. The number of hydrogen-bond donors (Lipinski definition) is 1. The van der Waals surface area contributed by atoms with Crippen molar-refractivity contribution in [1.29, 1.82) is 0 Å². The van der Waals surface area contributed by atoms with E-state index >= 15 is 0 Å². The van der Waals surface area contributed by atoms with Crippen LogP contribution in [0.15, 0.2) is 5.16 Å². The van der Waals surface area contributed by atoms with Crippen LogP contribution in [0, 0.1) is 17.3 Å². The Labute approximate surface area is 95.7 Å². The van der Waals surface area contributed by atoms with E-state index in [1.807, 2.05) is 0 Å². The van der Waals surface area contributed by atoms with Crippen molar-refractivity contribution in [3.8, 4) is 0 Å². The highest BCUT2D eigenvalue weighted by atomic mass is 16.5. The molecule has 2 aliphatic carbocycles. The van der Waals surface area contributed by atoms with Crippen molar-refractivity contribution in [2.45, 2.75) is 39.0 Å². The van der Waals surface area contributed by atoms with Gasteiger partial charge in [-0.05, 0) is 37.0 Å². The monoisotopic (exact) mass is 225 g/mol. The van der Waals surface area contributed by atoms with Gasteiger partial charge >= 0.3 is 5.97 Å². The Morgan fingerprint density at radius 1 is 1.62 bits per heavy atom. The molecule has 2 rings (SSSR count). The van der Waals surface area contributed by atoms with Crippen molar-refractivity contribution in [2.75, 3.05) is 7.11 Å². The molecule has 90 valence electrons. The summed E-state index contributed by atoms with van der Waals surface area (Å²) in [5.74, 6) is 0.801. The molecule has 2 saturated carbocycles.